The Balaban J connectivity index is 2.11. The molecule has 1 aromatic heterocycles. The highest BCUT2D eigenvalue weighted by molar-refractivity contribution is 4.88. The molecule has 1 fully saturated rings. The third-order valence-electron chi connectivity index (χ3n) is 2.69. The van der Waals surface area contributed by atoms with E-state index in [0.29, 0.717) is 12.1 Å². The van der Waals surface area contributed by atoms with Crippen molar-refractivity contribution >= 4 is 0 Å². The lowest BCUT2D eigenvalue weighted by atomic mass is 9.91. The van der Waals surface area contributed by atoms with Gasteiger partial charge in [-0.15, -0.1) is 0 Å². The Bertz CT molecular complexity index is 230. The molecule has 0 radical (unpaired) electrons. The molecule has 2 N–H and O–H groups in total. The van der Waals surface area contributed by atoms with Gasteiger partial charge in [-0.3, -0.25) is 0 Å². The minimum atomic E-state index is 0.327. The van der Waals surface area contributed by atoms with Crippen LogP contribution >= 0.6 is 0 Å². The standard InChI is InChI=1S/C9H15N3/c10-8-3-1-2-4-9(8)12-6-5-11-7-12/h5-9H,1-4,10H2. The normalized spacial score (nSPS) is 30.4. The fourth-order valence-electron chi connectivity index (χ4n) is 1.98. The zero-order valence-corrected chi connectivity index (χ0v) is 7.19. The zero-order valence-electron chi connectivity index (χ0n) is 7.19. The lowest BCUT2D eigenvalue weighted by Crippen LogP contribution is -2.34. The Morgan fingerprint density at radius 1 is 1.33 bits per heavy atom. The first kappa shape index (κ1) is 7.80. The van der Waals surface area contributed by atoms with Gasteiger partial charge in [-0.25, -0.2) is 4.98 Å². The van der Waals surface area contributed by atoms with E-state index < -0.39 is 0 Å². The molecule has 0 saturated heterocycles. The first-order chi connectivity index (χ1) is 5.88. The summed E-state index contributed by atoms with van der Waals surface area (Å²) in [4.78, 5) is 4.04. The average Bonchev–Trinajstić information content (AvgIpc) is 2.57. The molecular weight excluding hydrogens is 150 g/mol. The monoisotopic (exact) mass is 165 g/mol. The summed E-state index contributed by atoms with van der Waals surface area (Å²) in [5, 5.41) is 0. The summed E-state index contributed by atoms with van der Waals surface area (Å²) < 4.78 is 2.14. The van der Waals surface area contributed by atoms with Crippen LogP contribution in [0.5, 0.6) is 0 Å². The fraction of sp³-hybridized carbons (Fsp3) is 0.667. The minimum absolute atomic E-state index is 0.327. The summed E-state index contributed by atoms with van der Waals surface area (Å²) in [5.74, 6) is 0. The van der Waals surface area contributed by atoms with Crippen LogP contribution < -0.4 is 5.73 Å². The molecule has 2 rings (SSSR count). The third-order valence-corrected chi connectivity index (χ3v) is 2.69. The minimum Gasteiger partial charge on any atom is -0.333 e. The number of nitrogens with two attached hydrogens (primary N) is 1. The molecule has 12 heavy (non-hydrogen) atoms. The van der Waals surface area contributed by atoms with E-state index in [2.05, 4.69) is 9.55 Å². The highest BCUT2D eigenvalue weighted by Crippen LogP contribution is 2.26. The summed E-state index contributed by atoms with van der Waals surface area (Å²) in [7, 11) is 0. The molecule has 3 nitrogen and oxygen atoms in total. The van der Waals surface area contributed by atoms with Crippen LogP contribution in [0, 0.1) is 0 Å². The van der Waals surface area contributed by atoms with Crippen molar-refractivity contribution in [2.75, 3.05) is 0 Å². The van der Waals surface area contributed by atoms with Gasteiger partial charge in [0.15, 0.2) is 0 Å². The van der Waals surface area contributed by atoms with Gasteiger partial charge in [0.2, 0.25) is 0 Å². The summed E-state index contributed by atoms with van der Waals surface area (Å²) in [6.45, 7) is 0. The Morgan fingerprint density at radius 2 is 2.17 bits per heavy atom. The van der Waals surface area contributed by atoms with Crippen LogP contribution in [0.2, 0.25) is 0 Å². The van der Waals surface area contributed by atoms with Crippen LogP contribution in [0.3, 0.4) is 0 Å². The van der Waals surface area contributed by atoms with Gasteiger partial charge in [0.1, 0.15) is 0 Å². The van der Waals surface area contributed by atoms with Crippen molar-refractivity contribution in [1.82, 2.24) is 9.55 Å². The molecule has 0 aromatic carbocycles. The van der Waals surface area contributed by atoms with Crippen molar-refractivity contribution in [1.29, 1.82) is 0 Å². The second kappa shape index (κ2) is 3.27. The van der Waals surface area contributed by atoms with E-state index >= 15 is 0 Å². The Kier molecular flexibility index (Phi) is 2.13. The van der Waals surface area contributed by atoms with E-state index in [0.717, 1.165) is 6.42 Å². The predicted molar refractivity (Wildman–Crippen MR) is 47.7 cm³/mol. The maximum atomic E-state index is 6.02. The van der Waals surface area contributed by atoms with E-state index in [-0.39, 0.29) is 0 Å². The Labute approximate surface area is 72.6 Å². The van der Waals surface area contributed by atoms with Gasteiger partial charge in [0.25, 0.3) is 0 Å². The SMILES string of the molecule is NC1CCCCC1n1ccnc1. The van der Waals surface area contributed by atoms with Crippen molar-refractivity contribution in [3.63, 3.8) is 0 Å². The number of aromatic nitrogens is 2. The van der Waals surface area contributed by atoms with Crippen LogP contribution in [0.15, 0.2) is 18.7 Å². The number of hydrogen-bond donors (Lipinski definition) is 1. The first-order valence-electron chi connectivity index (χ1n) is 4.61. The van der Waals surface area contributed by atoms with Crippen LogP contribution in [0.25, 0.3) is 0 Å². The molecule has 2 unspecified atom stereocenters. The maximum Gasteiger partial charge on any atom is 0.0949 e. The lowest BCUT2D eigenvalue weighted by Gasteiger charge is -2.29. The van der Waals surface area contributed by atoms with Crippen LogP contribution in [0.4, 0.5) is 0 Å². The molecule has 0 spiro atoms. The topological polar surface area (TPSA) is 43.8 Å². The van der Waals surface area contributed by atoms with Gasteiger partial charge in [0.05, 0.1) is 6.33 Å². The number of hydrogen-bond acceptors (Lipinski definition) is 2. The largest absolute Gasteiger partial charge is 0.333 e. The zero-order chi connectivity index (χ0) is 8.39. The molecule has 0 aliphatic heterocycles. The Hall–Kier alpha value is -0.830. The van der Waals surface area contributed by atoms with E-state index in [1.54, 1.807) is 0 Å². The highest BCUT2D eigenvalue weighted by Gasteiger charge is 2.22. The molecular formula is C9H15N3. The maximum absolute atomic E-state index is 6.02. The van der Waals surface area contributed by atoms with Crippen LogP contribution in [-0.4, -0.2) is 15.6 Å². The molecule has 1 aromatic rings. The van der Waals surface area contributed by atoms with Crippen molar-refractivity contribution in [2.24, 2.45) is 5.73 Å². The molecule has 1 saturated carbocycles. The third kappa shape index (κ3) is 1.37. The summed E-state index contributed by atoms with van der Waals surface area (Å²) in [6.07, 6.45) is 10.6. The van der Waals surface area contributed by atoms with Gasteiger partial charge in [-0.1, -0.05) is 12.8 Å². The number of nitrogens with zero attached hydrogens (tertiary/aromatic N) is 2. The van der Waals surface area contributed by atoms with Gasteiger partial charge >= 0.3 is 0 Å². The molecule has 0 amide bonds. The van der Waals surface area contributed by atoms with E-state index in [1.165, 1.54) is 19.3 Å². The summed E-state index contributed by atoms with van der Waals surface area (Å²) in [5.41, 5.74) is 6.02. The fourth-order valence-corrected chi connectivity index (χ4v) is 1.98. The second-order valence-corrected chi connectivity index (χ2v) is 3.53. The summed E-state index contributed by atoms with van der Waals surface area (Å²) in [6, 6.07) is 0.814. The van der Waals surface area contributed by atoms with Crippen LogP contribution in [0.1, 0.15) is 31.7 Å². The van der Waals surface area contributed by atoms with E-state index in [4.69, 9.17) is 5.73 Å². The van der Waals surface area contributed by atoms with Crippen LogP contribution in [-0.2, 0) is 0 Å². The number of rotatable bonds is 1. The molecule has 1 heterocycles. The van der Waals surface area contributed by atoms with Gasteiger partial charge < -0.3 is 10.3 Å². The lowest BCUT2D eigenvalue weighted by molar-refractivity contribution is 0.306. The average molecular weight is 165 g/mol. The molecule has 2 atom stereocenters. The highest BCUT2D eigenvalue weighted by atomic mass is 15.1. The first-order valence-corrected chi connectivity index (χ1v) is 4.61. The quantitative estimate of drug-likeness (QED) is 0.682. The van der Waals surface area contributed by atoms with E-state index in [9.17, 15) is 0 Å². The molecule has 1 aliphatic rings. The Morgan fingerprint density at radius 3 is 2.83 bits per heavy atom. The van der Waals surface area contributed by atoms with Crippen molar-refractivity contribution in [3.05, 3.63) is 18.7 Å². The van der Waals surface area contributed by atoms with Gasteiger partial charge in [-0.2, -0.15) is 0 Å². The smallest absolute Gasteiger partial charge is 0.0949 e. The second-order valence-electron chi connectivity index (χ2n) is 3.53. The molecule has 0 bridgehead atoms. The van der Waals surface area contributed by atoms with Crippen molar-refractivity contribution in [3.8, 4) is 0 Å². The summed E-state index contributed by atoms with van der Waals surface area (Å²) >= 11 is 0. The van der Waals surface area contributed by atoms with Gasteiger partial charge in [-0.05, 0) is 12.8 Å². The van der Waals surface area contributed by atoms with Crippen molar-refractivity contribution in [2.45, 2.75) is 37.8 Å². The van der Waals surface area contributed by atoms with Crippen molar-refractivity contribution < 1.29 is 0 Å². The predicted octanol–water partition coefficient (Wildman–Crippen LogP) is 1.33. The molecule has 3 heteroatoms. The molecule has 66 valence electrons. The van der Waals surface area contributed by atoms with E-state index in [1.807, 2.05) is 18.7 Å². The number of imidazole rings is 1. The van der Waals surface area contributed by atoms with Gasteiger partial charge in [0, 0.05) is 24.5 Å². The molecule has 1 aliphatic carbocycles.